The van der Waals surface area contributed by atoms with Gasteiger partial charge >= 0.3 is 0 Å². The third kappa shape index (κ3) is 5.00. The van der Waals surface area contributed by atoms with Crippen LogP contribution < -0.4 is 20.1 Å². The second kappa shape index (κ2) is 10.5. The van der Waals surface area contributed by atoms with Gasteiger partial charge in [0.2, 0.25) is 5.91 Å². The van der Waals surface area contributed by atoms with E-state index < -0.39 is 0 Å². The number of nitrogens with one attached hydrogen (secondary N) is 2. The van der Waals surface area contributed by atoms with Crippen molar-refractivity contribution in [2.24, 2.45) is 0 Å². The maximum atomic E-state index is 12.0. The van der Waals surface area contributed by atoms with Crippen LogP contribution in [0.5, 0.6) is 11.5 Å². The molecule has 0 radical (unpaired) electrons. The van der Waals surface area contributed by atoms with Crippen molar-refractivity contribution in [1.29, 1.82) is 0 Å². The highest BCUT2D eigenvalue weighted by atomic mass is 16.5. The second-order valence-corrected chi connectivity index (χ2v) is 7.14. The normalized spacial score (nSPS) is 10.6. The molecule has 0 unspecified atom stereocenters. The summed E-state index contributed by atoms with van der Waals surface area (Å²) < 4.78 is 21.9. The third-order valence-corrected chi connectivity index (χ3v) is 4.98. The van der Waals surface area contributed by atoms with E-state index in [1.54, 1.807) is 32.6 Å². The Labute approximate surface area is 196 Å². The number of methoxy groups -OCH3 is 2. The van der Waals surface area contributed by atoms with Gasteiger partial charge in [-0.05, 0) is 42.5 Å². The van der Waals surface area contributed by atoms with Gasteiger partial charge in [-0.3, -0.25) is 4.79 Å². The van der Waals surface area contributed by atoms with Gasteiger partial charge in [0.05, 0.1) is 36.9 Å². The molecule has 174 valence electrons. The van der Waals surface area contributed by atoms with Gasteiger partial charge in [-0.2, -0.15) is 0 Å². The lowest BCUT2D eigenvalue weighted by Gasteiger charge is -2.16. The summed E-state index contributed by atoms with van der Waals surface area (Å²) >= 11 is 0. The van der Waals surface area contributed by atoms with Gasteiger partial charge < -0.3 is 29.3 Å². The molecule has 4 aromatic rings. The van der Waals surface area contributed by atoms with Gasteiger partial charge in [0.15, 0.2) is 0 Å². The number of ether oxygens (including phenoxy) is 3. The van der Waals surface area contributed by atoms with Crippen LogP contribution in [-0.4, -0.2) is 43.3 Å². The number of hydrogen-bond donors (Lipinski definition) is 2. The van der Waals surface area contributed by atoms with Gasteiger partial charge in [0.1, 0.15) is 36.0 Å². The molecule has 0 aliphatic carbocycles. The van der Waals surface area contributed by atoms with E-state index in [0.717, 1.165) is 11.3 Å². The number of nitrogens with zero attached hydrogens (tertiary/aromatic N) is 2. The molecule has 0 aliphatic rings. The number of carbonyl (C=O) groups is 1. The number of furan rings is 1. The zero-order chi connectivity index (χ0) is 23.9. The van der Waals surface area contributed by atoms with Crippen LogP contribution >= 0.6 is 0 Å². The number of aromatic nitrogens is 2. The van der Waals surface area contributed by atoms with E-state index in [9.17, 15) is 4.79 Å². The fourth-order valence-electron chi connectivity index (χ4n) is 3.35. The first-order chi connectivity index (χ1) is 16.6. The monoisotopic (exact) mass is 460 g/mol. The van der Waals surface area contributed by atoms with E-state index in [1.165, 1.54) is 12.4 Å². The van der Waals surface area contributed by atoms with Gasteiger partial charge in [-0.15, -0.1) is 0 Å². The molecule has 2 heterocycles. The van der Waals surface area contributed by atoms with E-state index in [4.69, 9.17) is 18.6 Å². The van der Waals surface area contributed by atoms with Crippen LogP contribution in [0.2, 0.25) is 0 Å². The summed E-state index contributed by atoms with van der Waals surface area (Å²) in [6.07, 6.45) is 4.26. The first-order valence-electron chi connectivity index (χ1n) is 10.5. The van der Waals surface area contributed by atoms with Gasteiger partial charge in [0.25, 0.3) is 0 Å². The minimum atomic E-state index is -0.366. The number of amides is 1. The molecule has 0 aliphatic heterocycles. The fourth-order valence-corrected chi connectivity index (χ4v) is 3.35. The summed E-state index contributed by atoms with van der Waals surface area (Å²) in [6.45, 7) is 4.22. The predicted octanol–water partition coefficient (Wildman–Crippen LogP) is 4.79. The molecule has 9 nitrogen and oxygen atoms in total. The van der Waals surface area contributed by atoms with Crippen molar-refractivity contribution in [2.75, 3.05) is 38.1 Å². The number of anilines is 3. The third-order valence-electron chi connectivity index (χ3n) is 4.98. The Morgan fingerprint density at radius 1 is 1.09 bits per heavy atom. The molecule has 2 aromatic carbocycles. The highest BCUT2D eigenvalue weighted by Crippen LogP contribution is 2.36. The Bertz CT molecular complexity index is 1300. The van der Waals surface area contributed by atoms with Crippen molar-refractivity contribution in [2.45, 2.75) is 0 Å². The smallest absolute Gasteiger partial charge is 0.247 e. The van der Waals surface area contributed by atoms with Crippen LogP contribution in [0.4, 0.5) is 17.2 Å². The summed E-state index contributed by atoms with van der Waals surface area (Å²) in [5, 5.41) is 6.77. The van der Waals surface area contributed by atoms with Crippen LogP contribution in [0, 0.1) is 0 Å². The highest BCUT2D eigenvalue weighted by Gasteiger charge is 2.15. The predicted molar refractivity (Wildman–Crippen MR) is 130 cm³/mol. The van der Waals surface area contributed by atoms with E-state index in [-0.39, 0.29) is 5.91 Å². The average Bonchev–Trinajstić information content (AvgIpc) is 3.40. The first kappa shape index (κ1) is 22.8. The SMILES string of the molecule is C=CC(=O)Nc1cc2c(Nc3cc(-c4ccco4)ccc3OC)ncnc2cc1OCCOC. The average molecular weight is 460 g/mol. The molecule has 0 spiro atoms. The number of carbonyl (C=O) groups excluding carboxylic acids is 1. The van der Waals surface area contributed by atoms with Crippen LogP contribution in [0.3, 0.4) is 0 Å². The largest absolute Gasteiger partial charge is 0.495 e. The molecule has 4 rings (SSSR count). The van der Waals surface area contributed by atoms with Gasteiger partial charge in [-0.1, -0.05) is 6.58 Å². The summed E-state index contributed by atoms with van der Waals surface area (Å²) in [5.41, 5.74) is 2.65. The molecule has 0 fully saturated rings. The number of hydrogen-bond acceptors (Lipinski definition) is 8. The summed E-state index contributed by atoms with van der Waals surface area (Å²) in [4.78, 5) is 20.8. The molecule has 1 amide bonds. The summed E-state index contributed by atoms with van der Waals surface area (Å²) in [6, 6.07) is 12.9. The summed E-state index contributed by atoms with van der Waals surface area (Å²) in [5.74, 6) is 1.97. The first-order valence-corrected chi connectivity index (χ1v) is 10.5. The molecular formula is C25H24N4O5. The molecule has 0 bridgehead atoms. The molecule has 0 saturated carbocycles. The fraction of sp³-hybridized carbons (Fsp3) is 0.160. The Morgan fingerprint density at radius 3 is 2.71 bits per heavy atom. The maximum Gasteiger partial charge on any atom is 0.247 e. The van der Waals surface area contributed by atoms with Crippen LogP contribution in [0.25, 0.3) is 22.2 Å². The summed E-state index contributed by atoms with van der Waals surface area (Å²) in [7, 11) is 3.18. The number of rotatable bonds is 10. The van der Waals surface area contributed by atoms with Crippen molar-refractivity contribution in [3.63, 3.8) is 0 Å². The Balaban J connectivity index is 1.76. The van der Waals surface area contributed by atoms with Gasteiger partial charge in [-0.25, -0.2) is 9.97 Å². The Morgan fingerprint density at radius 2 is 1.97 bits per heavy atom. The highest BCUT2D eigenvalue weighted by molar-refractivity contribution is 6.03. The molecule has 0 atom stereocenters. The van der Waals surface area contributed by atoms with E-state index >= 15 is 0 Å². The second-order valence-electron chi connectivity index (χ2n) is 7.14. The van der Waals surface area contributed by atoms with Crippen LogP contribution in [0.15, 0.2) is 72.1 Å². The topological polar surface area (TPSA) is 108 Å². The van der Waals surface area contributed by atoms with Crippen molar-refractivity contribution in [3.8, 4) is 22.8 Å². The quantitative estimate of drug-likeness (QED) is 0.257. The number of fused-ring (bicyclic) bond motifs is 1. The van der Waals surface area contributed by atoms with Crippen molar-refractivity contribution in [3.05, 3.63) is 67.7 Å². The zero-order valence-corrected chi connectivity index (χ0v) is 18.8. The van der Waals surface area contributed by atoms with Gasteiger partial charge in [0, 0.05) is 24.1 Å². The van der Waals surface area contributed by atoms with Crippen molar-refractivity contribution in [1.82, 2.24) is 9.97 Å². The van der Waals surface area contributed by atoms with Crippen molar-refractivity contribution < 1.29 is 23.4 Å². The molecule has 2 N–H and O–H groups in total. The Hall–Kier alpha value is -4.37. The Kier molecular flexibility index (Phi) is 7.04. The van der Waals surface area contributed by atoms with Crippen LogP contribution in [0.1, 0.15) is 0 Å². The standard InChI is InChI=1S/C25H24N4O5/c1-4-24(30)28-20-13-17-18(14-23(20)34-11-10-31-2)26-15-27-25(17)29-19-12-16(7-8-22(19)32-3)21-6-5-9-33-21/h4-9,12-15H,1,10-11H2,2-3H3,(H,28,30)(H,26,27,29). The lowest BCUT2D eigenvalue weighted by atomic mass is 10.1. The zero-order valence-electron chi connectivity index (χ0n) is 18.8. The maximum absolute atomic E-state index is 12.0. The van der Waals surface area contributed by atoms with Crippen LogP contribution in [-0.2, 0) is 9.53 Å². The van der Waals surface area contributed by atoms with E-state index in [2.05, 4.69) is 27.2 Å². The minimum Gasteiger partial charge on any atom is -0.495 e. The van der Waals surface area contributed by atoms with E-state index in [0.29, 0.717) is 52.8 Å². The van der Waals surface area contributed by atoms with Crippen molar-refractivity contribution >= 4 is 34.0 Å². The molecule has 0 saturated heterocycles. The molecular weight excluding hydrogens is 436 g/mol. The lowest BCUT2D eigenvalue weighted by molar-refractivity contribution is -0.111. The molecule has 34 heavy (non-hydrogen) atoms. The lowest BCUT2D eigenvalue weighted by Crippen LogP contribution is -2.11. The minimum absolute atomic E-state index is 0.311. The van der Waals surface area contributed by atoms with E-state index in [1.807, 2.05) is 30.3 Å². The molecule has 9 heteroatoms. The number of benzene rings is 2. The molecule has 2 aromatic heterocycles.